The highest BCUT2D eigenvalue weighted by molar-refractivity contribution is 5.39. The molecule has 0 bridgehead atoms. The summed E-state index contributed by atoms with van der Waals surface area (Å²) < 4.78 is 61.9. The molecule has 1 N–H and O–H groups in total. The minimum absolute atomic E-state index is 0.0837. The van der Waals surface area contributed by atoms with Crippen LogP contribution in [0.1, 0.15) is 73.6 Å². The van der Waals surface area contributed by atoms with Crippen molar-refractivity contribution in [2.45, 2.75) is 85.4 Å². The number of aromatic nitrogens is 1. The Morgan fingerprint density at radius 1 is 1.15 bits per heavy atom. The molecule has 0 amide bonds. The molecule has 10 heteroatoms. The van der Waals surface area contributed by atoms with E-state index in [-0.39, 0.29) is 17.2 Å². The van der Waals surface area contributed by atoms with Crippen molar-refractivity contribution >= 4 is 0 Å². The molecule has 1 aromatic heterocycles. The predicted molar refractivity (Wildman–Crippen MR) is 144 cm³/mol. The second-order valence-electron chi connectivity index (χ2n) is 10.3. The summed E-state index contributed by atoms with van der Waals surface area (Å²) in [6.07, 6.45) is 6.32. The van der Waals surface area contributed by atoms with Crippen molar-refractivity contribution < 1.29 is 31.9 Å². The maximum absolute atomic E-state index is 13.6. The number of halogens is 4. The van der Waals surface area contributed by atoms with E-state index >= 15 is 0 Å². The zero-order valence-corrected chi connectivity index (χ0v) is 23.8. The third-order valence-corrected chi connectivity index (χ3v) is 6.56. The van der Waals surface area contributed by atoms with E-state index in [0.29, 0.717) is 18.2 Å². The van der Waals surface area contributed by atoms with Crippen LogP contribution < -0.4 is 15.0 Å². The van der Waals surface area contributed by atoms with E-state index in [2.05, 4.69) is 44.7 Å². The lowest BCUT2D eigenvalue weighted by molar-refractivity contribution is -0.153. The van der Waals surface area contributed by atoms with Crippen molar-refractivity contribution in [3.8, 4) is 11.6 Å². The van der Waals surface area contributed by atoms with E-state index in [0.717, 1.165) is 55.6 Å². The van der Waals surface area contributed by atoms with Crippen molar-refractivity contribution in [3.63, 3.8) is 0 Å². The van der Waals surface area contributed by atoms with E-state index in [4.69, 9.17) is 14.3 Å². The summed E-state index contributed by atoms with van der Waals surface area (Å²) in [5.41, 5.74) is 5.70. The van der Waals surface area contributed by atoms with E-state index in [1.165, 1.54) is 0 Å². The van der Waals surface area contributed by atoms with Gasteiger partial charge in [0.1, 0.15) is 11.6 Å². The quantitative estimate of drug-likeness (QED) is 0.175. The molecule has 0 aromatic carbocycles. The maximum atomic E-state index is 13.6. The first-order valence-electron chi connectivity index (χ1n) is 13.3. The number of alkyl halides is 3. The summed E-state index contributed by atoms with van der Waals surface area (Å²) in [6, 6.07) is 0.799. The normalized spacial score (nSPS) is 16.2. The van der Waals surface area contributed by atoms with Gasteiger partial charge in [0.15, 0.2) is 12.4 Å². The molecule has 1 aliphatic rings. The molecule has 0 aliphatic carbocycles. The van der Waals surface area contributed by atoms with Crippen LogP contribution in [-0.4, -0.2) is 34.8 Å². The number of hydrogen-bond donors (Lipinski definition) is 1. The Morgan fingerprint density at radius 3 is 2.49 bits per heavy atom. The van der Waals surface area contributed by atoms with Crippen LogP contribution in [0.4, 0.5) is 17.6 Å². The third kappa shape index (κ3) is 10.3. The number of nitrogens with one attached hydrogen (secondary N) is 1. The summed E-state index contributed by atoms with van der Waals surface area (Å²) in [7, 11) is 0. The highest BCUT2D eigenvalue weighted by Crippen LogP contribution is 2.31. The molecule has 1 unspecified atom stereocenters. The van der Waals surface area contributed by atoms with Gasteiger partial charge < -0.3 is 14.4 Å². The van der Waals surface area contributed by atoms with Crippen LogP contribution in [-0.2, 0) is 4.84 Å². The minimum atomic E-state index is -4.60. The minimum Gasteiger partial charge on any atom is -0.478 e. The number of pyridine rings is 1. The molecule has 0 fully saturated rings. The van der Waals surface area contributed by atoms with E-state index in [9.17, 15) is 17.6 Å². The fraction of sp³-hybridized carbons (Fsp3) is 0.552. The monoisotopic (exact) mass is 555 g/mol. The lowest BCUT2D eigenvalue weighted by atomic mass is 9.84. The second-order valence-corrected chi connectivity index (χ2v) is 10.3. The highest BCUT2D eigenvalue weighted by Gasteiger charge is 2.30. The van der Waals surface area contributed by atoms with Gasteiger partial charge in [0, 0.05) is 23.0 Å². The van der Waals surface area contributed by atoms with Crippen LogP contribution >= 0.6 is 0 Å². The van der Waals surface area contributed by atoms with Gasteiger partial charge >= 0.3 is 6.18 Å². The Kier molecular flexibility index (Phi) is 12.0. The largest absolute Gasteiger partial charge is 0.478 e. The van der Waals surface area contributed by atoms with Crippen molar-refractivity contribution in [3.05, 3.63) is 65.7 Å². The van der Waals surface area contributed by atoms with Crippen molar-refractivity contribution in [2.24, 2.45) is 5.92 Å². The highest BCUT2D eigenvalue weighted by atomic mass is 19.4. The SMILES string of the molecule is C=C1C=CC(Oc2ncc(F)cc2OCC(F)(F)F)=CN1/C(C)=C(\C)CONC(CC)(CCC)CCC(C)C. The standard InChI is InChI=1S/C29H41F4N3O3/c1-8-13-28(9-2,14-12-20(3)4)35-38-18-21(5)23(7)36-17-25(11-10-22(36)6)39-27-26(15-24(30)16-34-27)37-19-29(31,32)33/h10-11,15-17,20,35H,6,8-9,12-14,18-19H2,1-5,7H3/b23-21+. The first-order valence-corrected chi connectivity index (χ1v) is 13.3. The van der Waals surface area contributed by atoms with E-state index < -0.39 is 24.3 Å². The number of allylic oxidation sites excluding steroid dienone is 3. The maximum Gasteiger partial charge on any atom is 0.422 e. The second kappa shape index (κ2) is 14.5. The predicted octanol–water partition coefficient (Wildman–Crippen LogP) is 7.97. The molecule has 0 radical (unpaired) electrons. The summed E-state index contributed by atoms with van der Waals surface area (Å²) in [5, 5.41) is 0. The molecular weight excluding hydrogens is 514 g/mol. The first-order chi connectivity index (χ1) is 18.3. The lowest BCUT2D eigenvalue weighted by Crippen LogP contribution is -2.45. The molecule has 1 aromatic rings. The molecular formula is C29H41F4N3O3. The molecule has 0 saturated carbocycles. The smallest absolute Gasteiger partial charge is 0.422 e. The number of hydroxylamine groups is 1. The molecule has 2 heterocycles. The molecule has 0 spiro atoms. The van der Waals surface area contributed by atoms with Gasteiger partial charge in [-0.2, -0.15) is 18.7 Å². The Balaban J connectivity index is 2.15. The number of nitrogens with zero attached hydrogens (tertiary/aromatic N) is 2. The molecule has 0 saturated heterocycles. The fourth-order valence-corrected chi connectivity index (χ4v) is 4.05. The van der Waals surface area contributed by atoms with Gasteiger partial charge in [0.25, 0.3) is 5.88 Å². The Bertz CT molecular complexity index is 1070. The number of hydrogen-bond acceptors (Lipinski definition) is 6. The topological polar surface area (TPSA) is 55.9 Å². The summed E-state index contributed by atoms with van der Waals surface area (Å²) in [5.74, 6) is -0.725. The van der Waals surface area contributed by atoms with Crippen molar-refractivity contribution in [1.82, 2.24) is 15.4 Å². The Labute approximate surface area is 229 Å². The van der Waals surface area contributed by atoms with Crippen LogP contribution in [0.2, 0.25) is 0 Å². The molecule has 218 valence electrons. The van der Waals surface area contributed by atoms with Crippen LogP contribution in [0.15, 0.2) is 59.9 Å². The first kappa shape index (κ1) is 32.4. The summed E-state index contributed by atoms with van der Waals surface area (Å²) in [6.45, 7) is 15.4. The van der Waals surface area contributed by atoms with Gasteiger partial charge in [-0.15, -0.1) is 0 Å². The van der Waals surface area contributed by atoms with Gasteiger partial charge in [-0.1, -0.05) is 40.7 Å². The Morgan fingerprint density at radius 2 is 1.87 bits per heavy atom. The molecule has 39 heavy (non-hydrogen) atoms. The molecule has 1 aliphatic heterocycles. The zero-order chi connectivity index (χ0) is 29.2. The average Bonchev–Trinajstić information content (AvgIpc) is 2.87. The van der Waals surface area contributed by atoms with E-state index in [1.54, 1.807) is 23.3 Å². The summed E-state index contributed by atoms with van der Waals surface area (Å²) in [4.78, 5) is 11.5. The number of rotatable bonds is 15. The van der Waals surface area contributed by atoms with Gasteiger partial charge in [-0.05, 0) is 63.2 Å². The van der Waals surface area contributed by atoms with Gasteiger partial charge in [0.2, 0.25) is 0 Å². The molecule has 6 nitrogen and oxygen atoms in total. The van der Waals surface area contributed by atoms with Gasteiger partial charge in [-0.25, -0.2) is 9.37 Å². The van der Waals surface area contributed by atoms with Gasteiger partial charge in [-0.3, -0.25) is 4.84 Å². The van der Waals surface area contributed by atoms with Gasteiger partial charge in [0.05, 0.1) is 19.0 Å². The van der Waals surface area contributed by atoms with E-state index in [1.807, 2.05) is 13.8 Å². The van der Waals surface area contributed by atoms with Crippen molar-refractivity contribution in [2.75, 3.05) is 13.2 Å². The molecule has 1 atom stereocenters. The van der Waals surface area contributed by atoms with Crippen LogP contribution in [0.3, 0.4) is 0 Å². The Hall–Kier alpha value is -2.85. The third-order valence-electron chi connectivity index (χ3n) is 6.56. The fourth-order valence-electron chi connectivity index (χ4n) is 4.05. The van der Waals surface area contributed by atoms with Crippen LogP contribution in [0.25, 0.3) is 0 Å². The molecule has 2 rings (SSSR count). The average molecular weight is 556 g/mol. The zero-order valence-electron chi connectivity index (χ0n) is 23.8. The van der Waals surface area contributed by atoms with Crippen LogP contribution in [0, 0.1) is 11.7 Å². The lowest BCUT2D eigenvalue weighted by Gasteiger charge is -2.34. The van der Waals surface area contributed by atoms with Crippen molar-refractivity contribution in [1.29, 1.82) is 0 Å². The van der Waals surface area contributed by atoms with Crippen LogP contribution in [0.5, 0.6) is 11.6 Å². The summed E-state index contributed by atoms with van der Waals surface area (Å²) >= 11 is 0. The number of ether oxygens (including phenoxy) is 2.